The first kappa shape index (κ1) is 15.7. The van der Waals surface area contributed by atoms with Crippen molar-refractivity contribution in [2.45, 2.75) is 46.5 Å². The normalized spacial score (nSPS) is 11.1. The minimum absolute atomic E-state index is 1.08. The van der Waals surface area contributed by atoms with Gasteiger partial charge in [0.2, 0.25) is 0 Å². The summed E-state index contributed by atoms with van der Waals surface area (Å²) in [6.45, 7) is 6.75. The lowest BCUT2D eigenvalue weighted by molar-refractivity contribution is 0.786. The Labute approximate surface area is 139 Å². The molecular weight excluding hydrogens is 278 g/mol. The van der Waals surface area contributed by atoms with Crippen LogP contribution < -0.4 is 0 Å². The summed E-state index contributed by atoms with van der Waals surface area (Å²) < 4.78 is 0. The van der Waals surface area contributed by atoms with Gasteiger partial charge in [0.05, 0.1) is 5.69 Å². The Kier molecular flexibility index (Phi) is 4.76. The number of fused-ring (bicyclic) bond motifs is 1. The molecule has 0 unspecified atom stereocenters. The first-order valence-corrected chi connectivity index (χ1v) is 8.70. The van der Waals surface area contributed by atoms with Crippen molar-refractivity contribution < 1.29 is 0 Å². The molecule has 0 radical (unpaired) electrons. The Morgan fingerprint density at radius 1 is 0.957 bits per heavy atom. The van der Waals surface area contributed by atoms with Crippen molar-refractivity contribution in [2.24, 2.45) is 0 Å². The van der Waals surface area contributed by atoms with E-state index in [2.05, 4.69) is 63.2 Å². The van der Waals surface area contributed by atoms with E-state index >= 15 is 0 Å². The van der Waals surface area contributed by atoms with E-state index < -0.39 is 0 Å². The summed E-state index contributed by atoms with van der Waals surface area (Å²) in [5.41, 5.74) is 6.73. The van der Waals surface area contributed by atoms with E-state index in [4.69, 9.17) is 4.98 Å². The Morgan fingerprint density at radius 2 is 1.74 bits per heavy atom. The maximum atomic E-state index is 4.70. The molecule has 0 amide bonds. The largest absolute Gasteiger partial charge is 0.256 e. The second-order valence-corrected chi connectivity index (χ2v) is 6.30. The first-order chi connectivity index (χ1) is 11.2. The summed E-state index contributed by atoms with van der Waals surface area (Å²) in [6, 6.07) is 15.3. The minimum Gasteiger partial charge on any atom is -0.256 e. The van der Waals surface area contributed by atoms with E-state index in [1.807, 2.05) is 6.20 Å². The molecule has 1 heteroatoms. The standard InChI is InChI=1S/C22H25N/c1-4-6-9-18-13-20(12-16(3)21(18)5-2)22-14-17-10-7-8-11-19(17)15-23-22/h7-8,10-15H,4-6,9H2,1-3H3. The monoisotopic (exact) mass is 303 g/mol. The van der Waals surface area contributed by atoms with E-state index in [9.17, 15) is 0 Å². The topological polar surface area (TPSA) is 12.9 Å². The van der Waals surface area contributed by atoms with Gasteiger partial charge in [-0.15, -0.1) is 0 Å². The highest BCUT2D eigenvalue weighted by atomic mass is 14.7. The average Bonchev–Trinajstić information content (AvgIpc) is 2.59. The quantitative estimate of drug-likeness (QED) is 0.553. The molecule has 1 aromatic heterocycles. The summed E-state index contributed by atoms with van der Waals surface area (Å²) in [5.74, 6) is 0. The highest BCUT2D eigenvalue weighted by Gasteiger charge is 2.09. The van der Waals surface area contributed by atoms with E-state index in [-0.39, 0.29) is 0 Å². The minimum atomic E-state index is 1.08. The van der Waals surface area contributed by atoms with Crippen LogP contribution in [0.2, 0.25) is 0 Å². The fraction of sp³-hybridized carbons (Fsp3) is 0.318. The SMILES string of the molecule is CCCCc1cc(-c2cc3ccccc3cn2)cc(C)c1CC. The molecule has 0 bridgehead atoms. The highest BCUT2D eigenvalue weighted by molar-refractivity contribution is 5.85. The summed E-state index contributed by atoms with van der Waals surface area (Å²) >= 11 is 0. The Bertz CT molecular complexity index is 817. The van der Waals surface area contributed by atoms with Crippen LogP contribution in [0.3, 0.4) is 0 Å². The van der Waals surface area contributed by atoms with E-state index in [0.717, 1.165) is 12.1 Å². The molecule has 0 aliphatic carbocycles. The maximum absolute atomic E-state index is 4.70. The number of pyridine rings is 1. The fourth-order valence-electron chi connectivity index (χ4n) is 3.38. The molecule has 2 aromatic carbocycles. The predicted octanol–water partition coefficient (Wildman–Crippen LogP) is 6.12. The van der Waals surface area contributed by atoms with Gasteiger partial charge in [-0.25, -0.2) is 0 Å². The van der Waals surface area contributed by atoms with Crippen LogP contribution in [0.15, 0.2) is 48.7 Å². The Hall–Kier alpha value is -2.15. The zero-order chi connectivity index (χ0) is 16.2. The highest BCUT2D eigenvalue weighted by Crippen LogP contribution is 2.28. The lowest BCUT2D eigenvalue weighted by Gasteiger charge is -2.14. The van der Waals surface area contributed by atoms with Gasteiger partial charge in [0, 0.05) is 17.1 Å². The molecule has 0 atom stereocenters. The van der Waals surface area contributed by atoms with Crippen LogP contribution in [-0.2, 0) is 12.8 Å². The molecule has 0 aliphatic rings. The molecule has 118 valence electrons. The number of hydrogen-bond acceptors (Lipinski definition) is 1. The summed E-state index contributed by atoms with van der Waals surface area (Å²) in [5, 5.41) is 2.45. The zero-order valence-corrected chi connectivity index (χ0v) is 14.4. The van der Waals surface area contributed by atoms with Gasteiger partial charge in [-0.05, 0) is 66.5 Å². The smallest absolute Gasteiger partial charge is 0.0708 e. The number of unbranched alkanes of at least 4 members (excludes halogenated alkanes) is 1. The number of aryl methyl sites for hydroxylation is 2. The number of rotatable bonds is 5. The molecule has 0 fully saturated rings. The van der Waals surface area contributed by atoms with Crippen LogP contribution in [0, 0.1) is 6.92 Å². The second-order valence-electron chi connectivity index (χ2n) is 6.30. The van der Waals surface area contributed by atoms with Crippen LogP contribution in [0.5, 0.6) is 0 Å². The van der Waals surface area contributed by atoms with Gasteiger partial charge in [0.15, 0.2) is 0 Å². The molecule has 3 aromatic rings. The van der Waals surface area contributed by atoms with Crippen LogP contribution in [0.4, 0.5) is 0 Å². The summed E-state index contributed by atoms with van der Waals surface area (Å²) in [7, 11) is 0. The molecular formula is C22H25N. The molecule has 0 spiro atoms. The van der Waals surface area contributed by atoms with Crippen molar-refractivity contribution >= 4 is 10.8 Å². The zero-order valence-electron chi connectivity index (χ0n) is 14.4. The van der Waals surface area contributed by atoms with Gasteiger partial charge < -0.3 is 0 Å². The molecule has 0 N–H and O–H groups in total. The van der Waals surface area contributed by atoms with Gasteiger partial charge in [0.1, 0.15) is 0 Å². The molecule has 1 heterocycles. The van der Waals surface area contributed by atoms with Crippen LogP contribution >= 0.6 is 0 Å². The van der Waals surface area contributed by atoms with Crippen LogP contribution in [0.25, 0.3) is 22.0 Å². The summed E-state index contributed by atoms with van der Waals surface area (Å²) in [4.78, 5) is 4.70. The fourth-order valence-corrected chi connectivity index (χ4v) is 3.38. The van der Waals surface area contributed by atoms with Gasteiger partial charge in [-0.2, -0.15) is 0 Å². The van der Waals surface area contributed by atoms with E-state index in [0.29, 0.717) is 0 Å². The predicted molar refractivity (Wildman–Crippen MR) is 99.9 cm³/mol. The maximum Gasteiger partial charge on any atom is 0.0708 e. The first-order valence-electron chi connectivity index (χ1n) is 8.70. The number of nitrogens with zero attached hydrogens (tertiary/aromatic N) is 1. The molecule has 1 nitrogen and oxygen atoms in total. The molecule has 0 saturated carbocycles. The van der Waals surface area contributed by atoms with Crippen LogP contribution in [-0.4, -0.2) is 4.98 Å². The molecule has 0 saturated heterocycles. The third kappa shape index (κ3) is 3.29. The van der Waals surface area contributed by atoms with Crippen molar-refractivity contribution in [1.82, 2.24) is 4.98 Å². The van der Waals surface area contributed by atoms with Gasteiger partial charge >= 0.3 is 0 Å². The number of hydrogen-bond donors (Lipinski definition) is 0. The third-order valence-electron chi connectivity index (χ3n) is 4.65. The van der Waals surface area contributed by atoms with Crippen molar-refractivity contribution in [3.05, 3.63) is 65.4 Å². The summed E-state index contributed by atoms with van der Waals surface area (Å²) in [6.07, 6.45) is 6.75. The molecule has 3 rings (SSSR count). The van der Waals surface area contributed by atoms with Crippen molar-refractivity contribution in [3.8, 4) is 11.3 Å². The van der Waals surface area contributed by atoms with Crippen molar-refractivity contribution in [2.75, 3.05) is 0 Å². The Balaban J connectivity index is 2.08. The number of aromatic nitrogens is 1. The van der Waals surface area contributed by atoms with Gasteiger partial charge in [0.25, 0.3) is 0 Å². The average molecular weight is 303 g/mol. The van der Waals surface area contributed by atoms with Crippen molar-refractivity contribution in [3.63, 3.8) is 0 Å². The third-order valence-corrected chi connectivity index (χ3v) is 4.65. The van der Waals surface area contributed by atoms with Crippen LogP contribution in [0.1, 0.15) is 43.4 Å². The molecule has 0 aliphatic heterocycles. The van der Waals surface area contributed by atoms with Gasteiger partial charge in [-0.1, -0.05) is 44.5 Å². The van der Waals surface area contributed by atoms with E-state index in [1.165, 1.54) is 52.3 Å². The molecule has 23 heavy (non-hydrogen) atoms. The number of benzene rings is 2. The van der Waals surface area contributed by atoms with Gasteiger partial charge in [-0.3, -0.25) is 4.98 Å². The van der Waals surface area contributed by atoms with Crippen molar-refractivity contribution in [1.29, 1.82) is 0 Å². The Morgan fingerprint density at radius 3 is 2.48 bits per heavy atom. The lowest BCUT2D eigenvalue weighted by Crippen LogP contribution is -1.98. The van der Waals surface area contributed by atoms with E-state index in [1.54, 1.807) is 0 Å². The second kappa shape index (κ2) is 6.95. The lowest BCUT2D eigenvalue weighted by atomic mass is 9.92.